The molecule has 1 fully saturated rings. The second kappa shape index (κ2) is 6.81. The summed E-state index contributed by atoms with van der Waals surface area (Å²) in [5.41, 5.74) is 1.50. The maximum absolute atomic E-state index is 3.47. The van der Waals surface area contributed by atoms with E-state index in [1.807, 2.05) is 11.3 Å². The van der Waals surface area contributed by atoms with Crippen LogP contribution in [0.1, 0.15) is 48.6 Å². The molecule has 1 aliphatic rings. The highest BCUT2D eigenvalue weighted by Crippen LogP contribution is 2.32. The van der Waals surface area contributed by atoms with Crippen LogP contribution in [0.5, 0.6) is 0 Å². The van der Waals surface area contributed by atoms with Crippen LogP contribution in [0.15, 0.2) is 11.4 Å². The fraction of sp³-hybridized carbons (Fsp3) is 0.714. The lowest BCUT2D eigenvalue weighted by molar-refractivity contribution is 0.514. The predicted octanol–water partition coefficient (Wildman–Crippen LogP) is 4.38. The Morgan fingerprint density at radius 3 is 2.76 bits per heavy atom. The van der Waals surface area contributed by atoms with E-state index in [4.69, 9.17) is 0 Å². The van der Waals surface area contributed by atoms with Gasteiger partial charge in [-0.05, 0) is 43.8 Å². The third-order valence-electron chi connectivity index (χ3n) is 3.67. The minimum absolute atomic E-state index is 0.535. The van der Waals surface area contributed by atoms with Crippen LogP contribution in [-0.2, 0) is 0 Å². The Kier molecular flexibility index (Phi) is 5.39. The average Bonchev–Trinajstić information content (AvgIpc) is 2.78. The lowest BCUT2D eigenvalue weighted by Crippen LogP contribution is -2.21. The zero-order chi connectivity index (χ0) is 12.1. The molecular weight excluding hydrogens is 246 g/mol. The first kappa shape index (κ1) is 13.4. The molecule has 1 N–H and O–H groups in total. The van der Waals surface area contributed by atoms with Crippen LogP contribution < -0.4 is 5.32 Å². The van der Waals surface area contributed by atoms with E-state index in [1.165, 1.54) is 48.3 Å². The normalized spacial score (nSPS) is 19.4. The summed E-state index contributed by atoms with van der Waals surface area (Å²) in [6.45, 7) is 2.23. The Morgan fingerprint density at radius 1 is 1.41 bits per heavy atom. The monoisotopic (exact) mass is 269 g/mol. The summed E-state index contributed by atoms with van der Waals surface area (Å²) in [4.78, 5) is 1.47. The van der Waals surface area contributed by atoms with Gasteiger partial charge >= 0.3 is 0 Å². The van der Waals surface area contributed by atoms with Crippen LogP contribution in [0, 0.1) is 6.92 Å². The van der Waals surface area contributed by atoms with E-state index in [0.29, 0.717) is 6.04 Å². The van der Waals surface area contributed by atoms with Crippen molar-refractivity contribution in [3.63, 3.8) is 0 Å². The van der Waals surface area contributed by atoms with Gasteiger partial charge in [0, 0.05) is 21.9 Å². The van der Waals surface area contributed by atoms with E-state index in [0.717, 1.165) is 5.25 Å². The molecule has 0 aromatic carbocycles. The number of rotatable bonds is 5. The third-order valence-corrected chi connectivity index (χ3v) is 6.00. The number of thioether (sulfide) groups is 1. The van der Waals surface area contributed by atoms with Gasteiger partial charge in [-0.1, -0.05) is 19.3 Å². The first-order chi connectivity index (χ1) is 8.31. The number of nitrogens with one attached hydrogen (secondary N) is 1. The molecule has 0 aliphatic heterocycles. The Hall–Kier alpha value is 0.01000. The van der Waals surface area contributed by atoms with Crippen molar-refractivity contribution in [2.75, 3.05) is 12.8 Å². The molecule has 1 saturated carbocycles. The van der Waals surface area contributed by atoms with E-state index >= 15 is 0 Å². The summed E-state index contributed by atoms with van der Waals surface area (Å²) < 4.78 is 0. The van der Waals surface area contributed by atoms with Gasteiger partial charge in [0.2, 0.25) is 0 Å². The molecule has 0 spiro atoms. The lowest BCUT2D eigenvalue weighted by Gasteiger charge is -2.24. The molecule has 0 saturated heterocycles. The van der Waals surface area contributed by atoms with Gasteiger partial charge in [0.1, 0.15) is 0 Å². The number of aryl methyl sites for hydroxylation is 1. The smallest absolute Gasteiger partial charge is 0.0420 e. The molecule has 1 aliphatic carbocycles. The van der Waals surface area contributed by atoms with Gasteiger partial charge in [0.25, 0.3) is 0 Å². The molecule has 96 valence electrons. The standard InChI is InChI=1S/C14H23NS2/c1-11-13(8-9-16-11)14(15-2)10-17-12-6-4-3-5-7-12/h8-9,12,14-15H,3-7,10H2,1-2H3. The third kappa shape index (κ3) is 3.73. The van der Waals surface area contributed by atoms with E-state index in [-0.39, 0.29) is 0 Å². The summed E-state index contributed by atoms with van der Waals surface area (Å²) in [7, 11) is 2.09. The average molecular weight is 269 g/mol. The van der Waals surface area contributed by atoms with Crippen molar-refractivity contribution in [2.24, 2.45) is 0 Å². The van der Waals surface area contributed by atoms with E-state index in [1.54, 1.807) is 0 Å². The van der Waals surface area contributed by atoms with Crippen LogP contribution in [0.3, 0.4) is 0 Å². The van der Waals surface area contributed by atoms with Crippen LogP contribution in [0.2, 0.25) is 0 Å². The largest absolute Gasteiger partial charge is 0.312 e. The first-order valence-electron chi connectivity index (χ1n) is 6.64. The molecule has 3 heteroatoms. The number of hydrogen-bond acceptors (Lipinski definition) is 3. The van der Waals surface area contributed by atoms with Gasteiger partial charge in [-0.15, -0.1) is 11.3 Å². The topological polar surface area (TPSA) is 12.0 Å². The summed E-state index contributed by atoms with van der Waals surface area (Å²) in [6.07, 6.45) is 7.21. The molecule has 0 amide bonds. The van der Waals surface area contributed by atoms with Gasteiger partial charge in [-0.3, -0.25) is 0 Å². The maximum atomic E-state index is 3.47. The zero-order valence-corrected chi connectivity index (χ0v) is 12.5. The Bertz CT molecular complexity index is 329. The fourth-order valence-electron chi connectivity index (χ4n) is 2.55. The van der Waals surface area contributed by atoms with Crippen molar-refractivity contribution in [1.82, 2.24) is 5.32 Å². The highest BCUT2D eigenvalue weighted by Gasteiger charge is 2.18. The summed E-state index contributed by atoms with van der Waals surface area (Å²) in [5.74, 6) is 1.22. The molecule has 1 unspecified atom stereocenters. The molecule has 0 bridgehead atoms. The van der Waals surface area contributed by atoms with Crippen LogP contribution >= 0.6 is 23.1 Å². The van der Waals surface area contributed by atoms with E-state index < -0.39 is 0 Å². The molecular formula is C14H23NS2. The molecule has 1 aromatic rings. The highest BCUT2D eigenvalue weighted by atomic mass is 32.2. The van der Waals surface area contributed by atoms with E-state index in [9.17, 15) is 0 Å². The molecule has 2 rings (SSSR count). The molecule has 1 atom stereocenters. The van der Waals surface area contributed by atoms with Gasteiger partial charge in [0.05, 0.1) is 0 Å². The minimum Gasteiger partial charge on any atom is -0.312 e. The van der Waals surface area contributed by atoms with Crippen molar-refractivity contribution < 1.29 is 0 Å². The van der Waals surface area contributed by atoms with Crippen molar-refractivity contribution in [2.45, 2.75) is 50.3 Å². The lowest BCUT2D eigenvalue weighted by atomic mass is 10.0. The Labute approximate surface area is 113 Å². The Morgan fingerprint density at radius 2 is 2.18 bits per heavy atom. The van der Waals surface area contributed by atoms with Crippen molar-refractivity contribution in [1.29, 1.82) is 0 Å². The zero-order valence-electron chi connectivity index (χ0n) is 10.9. The second-order valence-electron chi connectivity index (χ2n) is 4.87. The Balaban J connectivity index is 1.85. The van der Waals surface area contributed by atoms with Crippen LogP contribution in [-0.4, -0.2) is 18.1 Å². The molecule has 1 heterocycles. The number of hydrogen-bond donors (Lipinski definition) is 1. The van der Waals surface area contributed by atoms with Gasteiger partial charge in [-0.2, -0.15) is 11.8 Å². The molecule has 17 heavy (non-hydrogen) atoms. The number of thiophene rings is 1. The van der Waals surface area contributed by atoms with Crippen molar-refractivity contribution in [3.05, 3.63) is 21.9 Å². The van der Waals surface area contributed by atoms with Gasteiger partial charge < -0.3 is 5.32 Å². The van der Waals surface area contributed by atoms with Crippen molar-refractivity contribution in [3.8, 4) is 0 Å². The van der Waals surface area contributed by atoms with Crippen molar-refractivity contribution >= 4 is 23.1 Å². The van der Waals surface area contributed by atoms with E-state index in [2.05, 4.69) is 42.5 Å². The summed E-state index contributed by atoms with van der Waals surface area (Å²) in [6, 6.07) is 2.82. The second-order valence-corrected chi connectivity index (χ2v) is 7.32. The predicted molar refractivity (Wildman–Crippen MR) is 80.2 cm³/mol. The van der Waals surface area contributed by atoms with Gasteiger partial charge in [0.15, 0.2) is 0 Å². The highest BCUT2D eigenvalue weighted by molar-refractivity contribution is 7.99. The summed E-state index contributed by atoms with van der Waals surface area (Å²) >= 11 is 4.04. The molecule has 1 nitrogen and oxygen atoms in total. The van der Waals surface area contributed by atoms with Gasteiger partial charge in [-0.25, -0.2) is 0 Å². The first-order valence-corrected chi connectivity index (χ1v) is 8.57. The minimum atomic E-state index is 0.535. The molecule has 1 aromatic heterocycles. The maximum Gasteiger partial charge on any atom is 0.0420 e. The molecule has 0 radical (unpaired) electrons. The summed E-state index contributed by atoms with van der Waals surface area (Å²) in [5, 5.41) is 6.59. The van der Waals surface area contributed by atoms with Crippen LogP contribution in [0.25, 0.3) is 0 Å². The van der Waals surface area contributed by atoms with Crippen LogP contribution in [0.4, 0.5) is 0 Å². The fourth-order valence-corrected chi connectivity index (χ4v) is 4.79. The quantitative estimate of drug-likeness (QED) is 0.851. The SMILES string of the molecule is CNC(CSC1CCCCC1)c1ccsc1C.